The highest BCUT2D eigenvalue weighted by atomic mass is 16.5. The van der Waals surface area contributed by atoms with Gasteiger partial charge in [-0.25, -0.2) is 9.97 Å². The number of hydrogen-bond donors (Lipinski definition) is 1. The molecule has 0 aliphatic rings. The molecule has 94 valence electrons. The molecular formula is C14H17N3O. The second-order valence-corrected chi connectivity index (χ2v) is 4.30. The Balaban J connectivity index is 2.25. The Bertz CT molecular complexity index is 547. The van der Waals surface area contributed by atoms with Crippen LogP contribution in [0.3, 0.4) is 0 Å². The van der Waals surface area contributed by atoms with Crippen LogP contribution in [-0.2, 0) is 6.42 Å². The molecule has 1 aromatic carbocycles. The van der Waals surface area contributed by atoms with Crippen molar-refractivity contribution in [2.24, 2.45) is 0 Å². The highest BCUT2D eigenvalue weighted by molar-refractivity contribution is 5.54. The van der Waals surface area contributed by atoms with E-state index in [0.29, 0.717) is 11.4 Å². The van der Waals surface area contributed by atoms with E-state index in [-0.39, 0.29) is 0 Å². The van der Waals surface area contributed by atoms with Crippen molar-refractivity contribution < 1.29 is 4.74 Å². The average molecular weight is 243 g/mol. The lowest BCUT2D eigenvalue weighted by molar-refractivity contribution is 0.417. The molecule has 1 heterocycles. The van der Waals surface area contributed by atoms with E-state index in [4.69, 9.17) is 10.5 Å². The van der Waals surface area contributed by atoms with Crippen molar-refractivity contribution in [2.45, 2.75) is 20.3 Å². The Hall–Kier alpha value is -2.10. The second-order valence-electron chi connectivity index (χ2n) is 4.30. The van der Waals surface area contributed by atoms with Crippen LogP contribution >= 0.6 is 0 Å². The molecule has 2 rings (SSSR count). The predicted molar refractivity (Wildman–Crippen MR) is 71.7 cm³/mol. The minimum atomic E-state index is 0.650. The second kappa shape index (κ2) is 5.04. The number of aromatic nitrogens is 2. The Labute approximate surface area is 107 Å². The van der Waals surface area contributed by atoms with Gasteiger partial charge < -0.3 is 10.5 Å². The number of ether oxygens (including phenoxy) is 1. The van der Waals surface area contributed by atoms with Crippen molar-refractivity contribution >= 4 is 5.69 Å². The number of rotatable bonds is 3. The van der Waals surface area contributed by atoms with E-state index in [9.17, 15) is 0 Å². The molecule has 18 heavy (non-hydrogen) atoms. The topological polar surface area (TPSA) is 61.0 Å². The van der Waals surface area contributed by atoms with Gasteiger partial charge in [-0.1, -0.05) is 6.07 Å². The van der Waals surface area contributed by atoms with Gasteiger partial charge in [0.15, 0.2) is 0 Å². The molecule has 0 spiro atoms. The van der Waals surface area contributed by atoms with Gasteiger partial charge in [-0.15, -0.1) is 0 Å². The van der Waals surface area contributed by atoms with Crippen LogP contribution < -0.4 is 10.5 Å². The number of nitrogens with zero attached hydrogens (tertiary/aromatic N) is 2. The smallest absolute Gasteiger partial charge is 0.141 e. The van der Waals surface area contributed by atoms with Crippen LogP contribution in [0.5, 0.6) is 5.75 Å². The number of nitrogen functional groups attached to an aromatic ring is 1. The van der Waals surface area contributed by atoms with E-state index in [1.54, 1.807) is 7.11 Å². The highest BCUT2D eigenvalue weighted by Crippen LogP contribution is 2.23. The highest BCUT2D eigenvalue weighted by Gasteiger charge is 2.04. The third-order valence-electron chi connectivity index (χ3n) is 2.70. The minimum Gasteiger partial charge on any atom is -0.495 e. The lowest BCUT2D eigenvalue weighted by Gasteiger charge is -2.07. The Morgan fingerprint density at radius 1 is 1.17 bits per heavy atom. The molecule has 0 radical (unpaired) electrons. The maximum Gasteiger partial charge on any atom is 0.141 e. The summed E-state index contributed by atoms with van der Waals surface area (Å²) in [6.45, 7) is 3.87. The van der Waals surface area contributed by atoms with Gasteiger partial charge in [0, 0.05) is 17.8 Å². The number of hydrogen-bond acceptors (Lipinski definition) is 4. The van der Waals surface area contributed by atoms with Crippen LogP contribution in [0, 0.1) is 13.8 Å². The first-order chi connectivity index (χ1) is 8.58. The predicted octanol–water partition coefficient (Wildman–Crippen LogP) is 2.28. The summed E-state index contributed by atoms with van der Waals surface area (Å²) in [5.74, 6) is 1.50. The van der Waals surface area contributed by atoms with Crippen molar-refractivity contribution in [2.75, 3.05) is 12.8 Å². The monoisotopic (exact) mass is 243 g/mol. The summed E-state index contributed by atoms with van der Waals surface area (Å²) < 4.78 is 5.14. The molecule has 0 unspecified atom stereocenters. The molecule has 0 bridgehead atoms. The quantitative estimate of drug-likeness (QED) is 0.840. The van der Waals surface area contributed by atoms with Gasteiger partial charge in [-0.3, -0.25) is 0 Å². The maximum atomic E-state index is 5.89. The summed E-state index contributed by atoms with van der Waals surface area (Å²) in [4.78, 5) is 8.68. The largest absolute Gasteiger partial charge is 0.495 e. The molecule has 0 atom stereocenters. The van der Waals surface area contributed by atoms with Crippen molar-refractivity contribution in [3.8, 4) is 5.75 Å². The Morgan fingerprint density at radius 3 is 2.56 bits per heavy atom. The van der Waals surface area contributed by atoms with Gasteiger partial charge >= 0.3 is 0 Å². The number of benzene rings is 1. The zero-order valence-electron chi connectivity index (χ0n) is 10.9. The summed E-state index contributed by atoms with van der Waals surface area (Å²) in [7, 11) is 1.61. The summed E-state index contributed by atoms with van der Waals surface area (Å²) in [6.07, 6.45) is 0.748. The van der Waals surface area contributed by atoms with Gasteiger partial charge in [0.05, 0.1) is 12.8 Å². The fourth-order valence-corrected chi connectivity index (χ4v) is 1.99. The Kier molecular flexibility index (Phi) is 3.46. The molecule has 2 N–H and O–H groups in total. The third-order valence-corrected chi connectivity index (χ3v) is 2.70. The lowest BCUT2D eigenvalue weighted by Crippen LogP contribution is -2.00. The van der Waals surface area contributed by atoms with Gasteiger partial charge in [0.25, 0.3) is 0 Å². The van der Waals surface area contributed by atoms with E-state index >= 15 is 0 Å². The number of nitrogens with two attached hydrogens (primary N) is 1. The summed E-state index contributed by atoms with van der Waals surface area (Å²) in [5.41, 5.74) is 9.64. The third kappa shape index (κ3) is 2.77. The van der Waals surface area contributed by atoms with Gasteiger partial charge in [-0.2, -0.15) is 0 Å². The van der Waals surface area contributed by atoms with Crippen molar-refractivity contribution in [1.82, 2.24) is 9.97 Å². The van der Waals surface area contributed by atoms with Crippen molar-refractivity contribution in [3.05, 3.63) is 47.0 Å². The van der Waals surface area contributed by atoms with Crippen LogP contribution in [0.2, 0.25) is 0 Å². The molecule has 0 saturated heterocycles. The molecule has 4 heteroatoms. The number of anilines is 1. The first-order valence-corrected chi connectivity index (χ1v) is 5.82. The van der Waals surface area contributed by atoms with Gasteiger partial charge in [-0.05, 0) is 37.6 Å². The lowest BCUT2D eigenvalue weighted by atomic mass is 10.1. The standard InChI is InChI=1S/C14H17N3O/c1-9-6-12(17-10(2)16-9)7-11-4-5-14(18-3)13(15)8-11/h4-6,8H,7,15H2,1-3H3. The average Bonchev–Trinajstić information content (AvgIpc) is 2.27. The van der Waals surface area contributed by atoms with E-state index in [1.807, 2.05) is 38.1 Å². The molecule has 1 aromatic heterocycles. The van der Waals surface area contributed by atoms with E-state index < -0.39 is 0 Å². The zero-order valence-corrected chi connectivity index (χ0v) is 10.9. The molecule has 0 aliphatic heterocycles. The maximum absolute atomic E-state index is 5.89. The SMILES string of the molecule is COc1ccc(Cc2cc(C)nc(C)n2)cc1N. The summed E-state index contributed by atoms with van der Waals surface area (Å²) in [5, 5.41) is 0. The van der Waals surface area contributed by atoms with E-state index in [1.165, 1.54) is 0 Å². The fraction of sp³-hybridized carbons (Fsp3) is 0.286. The molecule has 0 amide bonds. The van der Waals surface area contributed by atoms with Crippen molar-refractivity contribution in [1.29, 1.82) is 0 Å². The number of aryl methyl sites for hydroxylation is 2. The first kappa shape index (κ1) is 12.4. The zero-order chi connectivity index (χ0) is 13.1. The molecule has 0 saturated carbocycles. The summed E-state index contributed by atoms with van der Waals surface area (Å²) in [6, 6.07) is 7.80. The van der Waals surface area contributed by atoms with E-state index in [0.717, 1.165) is 29.2 Å². The molecule has 2 aromatic rings. The van der Waals surface area contributed by atoms with Crippen LogP contribution in [0.4, 0.5) is 5.69 Å². The van der Waals surface area contributed by atoms with Gasteiger partial charge in [0.1, 0.15) is 11.6 Å². The van der Waals surface area contributed by atoms with Crippen LogP contribution in [0.15, 0.2) is 24.3 Å². The Morgan fingerprint density at radius 2 is 1.94 bits per heavy atom. The molecule has 0 aliphatic carbocycles. The number of methoxy groups -OCH3 is 1. The minimum absolute atomic E-state index is 0.650. The van der Waals surface area contributed by atoms with Crippen molar-refractivity contribution in [3.63, 3.8) is 0 Å². The summed E-state index contributed by atoms with van der Waals surface area (Å²) >= 11 is 0. The van der Waals surface area contributed by atoms with Crippen LogP contribution in [0.25, 0.3) is 0 Å². The fourth-order valence-electron chi connectivity index (χ4n) is 1.99. The van der Waals surface area contributed by atoms with Crippen LogP contribution in [0.1, 0.15) is 22.8 Å². The molecule has 0 fully saturated rings. The normalized spacial score (nSPS) is 10.4. The molecule has 4 nitrogen and oxygen atoms in total. The van der Waals surface area contributed by atoms with Gasteiger partial charge in [0.2, 0.25) is 0 Å². The van der Waals surface area contributed by atoms with E-state index in [2.05, 4.69) is 9.97 Å². The van der Waals surface area contributed by atoms with Crippen LogP contribution in [-0.4, -0.2) is 17.1 Å². The molecular weight excluding hydrogens is 226 g/mol. The first-order valence-electron chi connectivity index (χ1n) is 5.82.